The van der Waals surface area contributed by atoms with Gasteiger partial charge in [0, 0.05) is 0 Å². The van der Waals surface area contributed by atoms with Gasteiger partial charge in [0.25, 0.3) is 0 Å². The number of fused-ring (bicyclic) bond motifs is 2. The first-order chi connectivity index (χ1) is 17.2. The zero-order valence-electron chi connectivity index (χ0n) is 19.7. The second-order valence-corrected chi connectivity index (χ2v) is 19.4. The van der Waals surface area contributed by atoms with Crippen LogP contribution in [0.2, 0.25) is 13.1 Å². The van der Waals surface area contributed by atoms with Crippen LogP contribution in [0.1, 0.15) is 0 Å². The minimum atomic E-state index is -5.84. The third kappa shape index (κ3) is 14.9. The van der Waals surface area contributed by atoms with Gasteiger partial charge in [-0.15, -0.1) is 59.3 Å². The molecule has 0 heterocycles. The van der Waals surface area contributed by atoms with Crippen molar-refractivity contribution in [1.82, 2.24) is 0 Å². The maximum absolute atomic E-state index is 10.7. The summed E-state index contributed by atoms with van der Waals surface area (Å²) in [7, 11) is -11.7. The van der Waals surface area contributed by atoms with Crippen LogP contribution in [0.3, 0.4) is 0 Å². The molecule has 4 rings (SSSR count). The van der Waals surface area contributed by atoms with E-state index in [-0.39, 0.29) is 5.43 Å². The molecule has 0 amide bonds. The van der Waals surface area contributed by atoms with Crippen molar-refractivity contribution in [3.63, 3.8) is 0 Å². The van der Waals surface area contributed by atoms with Crippen molar-refractivity contribution in [3.8, 4) is 0 Å². The molecule has 2 N–H and O–H groups in total. The van der Waals surface area contributed by atoms with Crippen LogP contribution in [0.25, 0.3) is 21.5 Å². The molecule has 0 aliphatic carbocycles. The fraction of sp³-hybridized carbons (Fsp3) is 0.182. The number of halogens is 6. The molecule has 0 fully saturated rings. The van der Waals surface area contributed by atoms with Gasteiger partial charge in [0.15, 0.2) is 0 Å². The summed E-state index contributed by atoms with van der Waals surface area (Å²) in [6, 6.07) is 29.3. The molecule has 4 aromatic carbocycles. The Hall–Kier alpha value is -1.84. The van der Waals surface area contributed by atoms with Gasteiger partial charge in [0.1, 0.15) is 0 Å². The molecule has 208 valence electrons. The van der Waals surface area contributed by atoms with Gasteiger partial charge in [-0.25, -0.2) is 0 Å². The Kier molecular flexibility index (Phi) is 14.9. The quantitative estimate of drug-likeness (QED) is 0.0705. The monoisotopic (exact) mass is 678 g/mol. The molecule has 0 spiro atoms. The van der Waals surface area contributed by atoms with E-state index >= 15 is 0 Å². The first-order valence-electron chi connectivity index (χ1n) is 9.97. The van der Waals surface area contributed by atoms with Crippen LogP contribution in [0.4, 0.5) is 26.3 Å². The van der Waals surface area contributed by atoms with Crippen LogP contribution in [0.15, 0.2) is 84.9 Å². The standard InChI is InChI=1S/2C9H7.C2H6Si.2CHF3O3S.Zr/c2*1-2-5-9-7-3-6-8(9)4-1;1-3-2;2*2-1(3,4)8(5,6)7;/h2*1-7H;1-2H3;2*(H,5,6,7);/q2*-1;;;;+2. The van der Waals surface area contributed by atoms with Gasteiger partial charge in [-0.05, 0) is 0 Å². The van der Waals surface area contributed by atoms with Crippen molar-refractivity contribution < 1.29 is 75.6 Å². The van der Waals surface area contributed by atoms with E-state index in [0.29, 0.717) is 0 Å². The summed E-state index contributed by atoms with van der Waals surface area (Å²) in [6.45, 7) is 4.62. The van der Waals surface area contributed by atoms with Crippen molar-refractivity contribution >= 4 is 47.2 Å². The Balaban J connectivity index is 0.000000460. The topological polar surface area (TPSA) is 109 Å². The first-order valence-corrected chi connectivity index (χ1v) is 19.0. The first kappa shape index (κ1) is 36.2. The van der Waals surface area contributed by atoms with Gasteiger partial charge in [0.05, 0.1) is 0 Å². The van der Waals surface area contributed by atoms with Crippen molar-refractivity contribution in [2.24, 2.45) is 0 Å². The minimum absolute atomic E-state index is 0.210. The molecule has 16 heteroatoms. The smallest absolute Gasteiger partial charge is 0.279 e. The summed E-state index contributed by atoms with van der Waals surface area (Å²) in [5.41, 5.74) is -10.9. The second-order valence-electron chi connectivity index (χ2n) is 7.15. The summed E-state index contributed by atoms with van der Waals surface area (Å²) < 4.78 is 115. The maximum atomic E-state index is 10.7. The van der Waals surface area contributed by atoms with Crippen LogP contribution in [0, 0.1) is 0 Å². The minimum Gasteiger partial charge on any atom is -0.279 e. The number of benzene rings is 2. The van der Waals surface area contributed by atoms with E-state index in [4.69, 9.17) is 25.9 Å². The van der Waals surface area contributed by atoms with E-state index in [1.165, 1.54) is 21.5 Å². The van der Waals surface area contributed by atoms with Gasteiger partial charge in [0.2, 0.25) is 0 Å². The predicted molar refractivity (Wildman–Crippen MR) is 132 cm³/mol. The molecule has 6 nitrogen and oxygen atoms in total. The molecular weight excluding hydrogens is 658 g/mol. The van der Waals surface area contributed by atoms with Gasteiger partial charge in [-0.1, -0.05) is 12.1 Å². The Morgan fingerprint density at radius 2 is 0.895 bits per heavy atom. The van der Waals surface area contributed by atoms with Crippen LogP contribution in [0.5, 0.6) is 0 Å². The summed E-state index contributed by atoms with van der Waals surface area (Å²) >= 11 is 1.74. The van der Waals surface area contributed by atoms with Crippen LogP contribution < -0.4 is 0 Å². The molecule has 0 radical (unpaired) electrons. The second kappa shape index (κ2) is 15.7. The maximum Gasteiger partial charge on any atom is 0.522 e. The summed E-state index contributed by atoms with van der Waals surface area (Å²) in [6.07, 6.45) is 0. The largest absolute Gasteiger partial charge is 0.522 e. The normalized spacial score (nSPS) is 11.5. The average Bonchev–Trinajstić information content (AvgIpc) is 3.41. The number of alkyl halides is 6. The fourth-order valence-corrected chi connectivity index (χ4v) is 2.14. The molecule has 0 saturated heterocycles. The zero-order valence-corrected chi connectivity index (χ0v) is 24.8. The fourth-order valence-electron chi connectivity index (χ4n) is 2.14. The van der Waals surface area contributed by atoms with Crippen molar-refractivity contribution in [2.45, 2.75) is 24.1 Å². The number of hydrogen-bond donors (Lipinski definition) is 2. The molecule has 0 aliphatic heterocycles. The van der Waals surface area contributed by atoms with Gasteiger partial charge >= 0.3 is 73.1 Å². The van der Waals surface area contributed by atoms with E-state index in [1.54, 1.807) is 23.3 Å². The zero-order chi connectivity index (χ0) is 29.8. The molecule has 0 saturated carbocycles. The molecule has 38 heavy (non-hydrogen) atoms. The van der Waals surface area contributed by atoms with E-state index in [9.17, 15) is 26.3 Å². The van der Waals surface area contributed by atoms with Gasteiger partial charge in [-0.2, -0.15) is 78.2 Å². The predicted octanol–water partition coefficient (Wildman–Crippen LogP) is 6.69. The third-order valence-corrected chi connectivity index (χ3v) is 4.85. The van der Waals surface area contributed by atoms with Gasteiger partial charge < -0.3 is 0 Å². The molecule has 0 aromatic heterocycles. The molecule has 0 aliphatic rings. The Morgan fingerprint density at radius 3 is 1.11 bits per heavy atom. The number of hydrogen-bond acceptors (Lipinski definition) is 4. The summed E-state index contributed by atoms with van der Waals surface area (Å²) in [4.78, 5) is 0. The molecule has 4 aromatic rings. The molecule has 0 atom stereocenters. The summed E-state index contributed by atoms with van der Waals surface area (Å²) in [5, 5.41) is 5.32. The molecular formula is C22H22F6O6S2SiZr. The number of rotatable bonds is 0. The van der Waals surface area contributed by atoms with E-state index in [2.05, 4.69) is 98.0 Å². The molecule has 0 bridgehead atoms. The van der Waals surface area contributed by atoms with Crippen molar-refractivity contribution in [3.05, 3.63) is 84.9 Å². The van der Waals surface area contributed by atoms with Crippen LogP contribution in [-0.4, -0.2) is 42.4 Å². The van der Waals surface area contributed by atoms with Crippen molar-refractivity contribution in [2.75, 3.05) is 0 Å². The summed E-state index contributed by atoms with van der Waals surface area (Å²) in [5.74, 6) is 0. The Labute approximate surface area is 230 Å². The van der Waals surface area contributed by atoms with Crippen LogP contribution >= 0.6 is 0 Å². The van der Waals surface area contributed by atoms with Crippen molar-refractivity contribution in [1.29, 1.82) is 0 Å². The third-order valence-electron chi connectivity index (χ3n) is 3.68. The van der Waals surface area contributed by atoms with E-state index < -0.39 is 31.3 Å². The average molecular weight is 680 g/mol. The SMILES string of the molecule is C[Si](C)=[Zr+2].O=S(=O)(O)C(F)(F)F.O=S(=O)(O)C(F)(F)F.c1ccc2[cH-]ccc2c1.c1ccc2[cH-]ccc2c1. The Bertz CT molecular complexity index is 1320. The van der Waals surface area contributed by atoms with E-state index in [0.717, 1.165) is 0 Å². The van der Waals surface area contributed by atoms with Gasteiger partial charge in [-0.3, -0.25) is 9.11 Å². The Morgan fingerprint density at radius 1 is 0.658 bits per heavy atom. The molecule has 0 unspecified atom stereocenters. The van der Waals surface area contributed by atoms with Crippen LogP contribution in [-0.2, 0) is 43.6 Å². The van der Waals surface area contributed by atoms with E-state index in [1.807, 2.05) is 0 Å².